The first-order valence-corrected chi connectivity index (χ1v) is 11.6. The van der Waals surface area contributed by atoms with Gasteiger partial charge in [-0.05, 0) is 48.7 Å². The smallest absolute Gasteiger partial charge is 0.192 e. The van der Waals surface area contributed by atoms with E-state index < -0.39 is 0 Å². The first kappa shape index (κ1) is 21.6. The number of hydrogen-bond acceptors (Lipinski definition) is 6. The van der Waals surface area contributed by atoms with Crippen molar-refractivity contribution in [3.8, 4) is 28.6 Å². The lowest BCUT2D eigenvalue weighted by molar-refractivity contribution is 0.339. The molecule has 1 heterocycles. The van der Waals surface area contributed by atoms with Gasteiger partial charge >= 0.3 is 0 Å². The Bertz CT molecular complexity index is 998. The molecule has 1 aliphatic carbocycles. The van der Waals surface area contributed by atoms with E-state index in [0.29, 0.717) is 17.5 Å². The molecule has 0 N–H and O–H groups in total. The van der Waals surface area contributed by atoms with Crippen molar-refractivity contribution in [1.29, 1.82) is 0 Å². The Morgan fingerprint density at radius 1 is 0.871 bits per heavy atom. The van der Waals surface area contributed by atoms with Gasteiger partial charge in [-0.25, -0.2) is 0 Å². The standard InChI is InChI=1S/C24H29N3O3S/c1-28-20-12-9-17(10-13-20)16-31-24-26-25-23(27(24)19-7-5-4-6-8-19)18-11-14-21(29-2)22(15-18)30-3/h9-15,19H,4-8,16H2,1-3H3. The quantitative estimate of drug-likeness (QED) is 0.415. The van der Waals surface area contributed by atoms with Gasteiger partial charge in [0.2, 0.25) is 0 Å². The third-order valence-electron chi connectivity index (χ3n) is 5.77. The van der Waals surface area contributed by atoms with Crippen molar-refractivity contribution in [2.45, 2.75) is 49.1 Å². The second kappa shape index (κ2) is 10.1. The fourth-order valence-electron chi connectivity index (χ4n) is 4.09. The molecular formula is C24H29N3O3S. The third-order valence-corrected chi connectivity index (χ3v) is 6.79. The lowest BCUT2D eigenvalue weighted by Crippen LogP contribution is -2.15. The Balaban J connectivity index is 1.65. The number of benzene rings is 2. The third kappa shape index (κ3) is 4.82. The lowest BCUT2D eigenvalue weighted by Gasteiger charge is -2.25. The molecule has 1 aromatic heterocycles. The van der Waals surface area contributed by atoms with Crippen LogP contribution in [0, 0.1) is 0 Å². The van der Waals surface area contributed by atoms with Crippen LogP contribution < -0.4 is 14.2 Å². The fourth-order valence-corrected chi connectivity index (χ4v) is 5.05. The van der Waals surface area contributed by atoms with E-state index >= 15 is 0 Å². The minimum atomic E-state index is 0.421. The number of nitrogens with zero attached hydrogens (tertiary/aromatic N) is 3. The van der Waals surface area contributed by atoms with Crippen LogP contribution in [0.5, 0.6) is 17.2 Å². The highest BCUT2D eigenvalue weighted by Crippen LogP contribution is 2.38. The zero-order valence-corrected chi connectivity index (χ0v) is 19.2. The van der Waals surface area contributed by atoms with Crippen molar-refractivity contribution < 1.29 is 14.2 Å². The molecule has 31 heavy (non-hydrogen) atoms. The summed E-state index contributed by atoms with van der Waals surface area (Å²) in [6, 6.07) is 14.6. The number of aromatic nitrogens is 3. The van der Waals surface area contributed by atoms with Crippen LogP contribution in [0.3, 0.4) is 0 Å². The van der Waals surface area contributed by atoms with Crippen LogP contribution in [0.15, 0.2) is 47.6 Å². The van der Waals surface area contributed by atoms with Crippen molar-refractivity contribution in [2.24, 2.45) is 0 Å². The van der Waals surface area contributed by atoms with E-state index in [1.54, 1.807) is 33.1 Å². The first-order chi connectivity index (χ1) is 15.2. The van der Waals surface area contributed by atoms with Crippen molar-refractivity contribution >= 4 is 11.8 Å². The number of rotatable bonds is 8. The molecule has 6 nitrogen and oxygen atoms in total. The van der Waals surface area contributed by atoms with E-state index in [2.05, 4.69) is 26.9 Å². The van der Waals surface area contributed by atoms with Crippen LogP contribution in [0.4, 0.5) is 0 Å². The number of ether oxygens (including phenoxy) is 3. The van der Waals surface area contributed by atoms with Gasteiger partial charge in [-0.15, -0.1) is 10.2 Å². The average molecular weight is 440 g/mol. The highest BCUT2D eigenvalue weighted by molar-refractivity contribution is 7.98. The van der Waals surface area contributed by atoms with Crippen LogP contribution in [-0.4, -0.2) is 36.1 Å². The summed E-state index contributed by atoms with van der Waals surface area (Å²) in [5, 5.41) is 10.2. The molecule has 164 valence electrons. The zero-order valence-electron chi connectivity index (χ0n) is 18.3. The van der Waals surface area contributed by atoms with E-state index in [4.69, 9.17) is 14.2 Å². The molecule has 1 fully saturated rings. The van der Waals surface area contributed by atoms with Gasteiger partial charge in [-0.3, -0.25) is 4.57 Å². The summed E-state index contributed by atoms with van der Waals surface area (Å²) in [6.45, 7) is 0. The van der Waals surface area contributed by atoms with E-state index in [1.807, 2.05) is 30.3 Å². The highest BCUT2D eigenvalue weighted by atomic mass is 32.2. The zero-order chi connectivity index (χ0) is 21.6. The summed E-state index contributed by atoms with van der Waals surface area (Å²) < 4.78 is 18.5. The number of hydrogen-bond donors (Lipinski definition) is 0. The Kier molecular flexibility index (Phi) is 7.02. The maximum absolute atomic E-state index is 5.52. The van der Waals surface area contributed by atoms with Crippen LogP contribution in [-0.2, 0) is 5.75 Å². The summed E-state index contributed by atoms with van der Waals surface area (Å²) >= 11 is 1.73. The minimum Gasteiger partial charge on any atom is -0.497 e. The van der Waals surface area contributed by atoms with E-state index in [9.17, 15) is 0 Å². The molecule has 0 atom stereocenters. The first-order valence-electron chi connectivity index (χ1n) is 10.7. The Hall–Kier alpha value is -2.67. The van der Waals surface area contributed by atoms with Gasteiger partial charge in [0, 0.05) is 17.4 Å². The maximum atomic E-state index is 5.52. The minimum absolute atomic E-state index is 0.421. The van der Waals surface area contributed by atoms with Crippen molar-refractivity contribution in [3.63, 3.8) is 0 Å². The predicted molar refractivity (Wildman–Crippen MR) is 123 cm³/mol. The molecule has 0 bridgehead atoms. The van der Waals surface area contributed by atoms with Gasteiger partial charge in [0.15, 0.2) is 22.5 Å². The molecule has 0 aliphatic heterocycles. The largest absolute Gasteiger partial charge is 0.497 e. The van der Waals surface area contributed by atoms with E-state index in [-0.39, 0.29) is 0 Å². The van der Waals surface area contributed by atoms with Crippen molar-refractivity contribution in [1.82, 2.24) is 14.8 Å². The van der Waals surface area contributed by atoms with Crippen LogP contribution >= 0.6 is 11.8 Å². The van der Waals surface area contributed by atoms with Crippen LogP contribution in [0.1, 0.15) is 43.7 Å². The molecule has 3 aromatic rings. The highest BCUT2D eigenvalue weighted by Gasteiger charge is 2.24. The van der Waals surface area contributed by atoms with Gasteiger partial charge in [0.25, 0.3) is 0 Å². The Morgan fingerprint density at radius 2 is 1.61 bits per heavy atom. The number of methoxy groups -OCH3 is 3. The normalized spacial score (nSPS) is 14.4. The molecule has 2 aromatic carbocycles. The second-order valence-corrected chi connectivity index (χ2v) is 8.62. The SMILES string of the molecule is COc1ccc(CSc2nnc(-c3ccc(OC)c(OC)c3)n2C2CCCCC2)cc1. The second-order valence-electron chi connectivity index (χ2n) is 7.67. The molecule has 0 amide bonds. The molecule has 0 saturated heterocycles. The molecule has 0 radical (unpaired) electrons. The van der Waals surface area contributed by atoms with Gasteiger partial charge < -0.3 is 14.2 Å². The topological polar surface area (TPSA) is 58.4 Å². The van der Waals surface area contributed by atoms with Crippen molar-refractivity contribution in [3.05, 3.63) is 48.0 Å². The van der Waals surface area contributed by atoms with Crippen LogP contribution in [0.2, 0.25) is 0 Å². The van der Waals surface area contributed by atoms with E-state index in [0.717, 1.165) is 40.9 Å². The summed E-state index contributed by atoms with van der Waals surface area (Å²) in [4.78, 5) is 0. The fraction of sp³-hybridized carbons (Fsp3) is 0.417. The molecule has 0 spiro atoms. The van der Waals surface area contributed by atoms with Crippen molar-refractivity contribution in [2.75, 3.05) is 21.3 Å². The van der Waals surface area contributed by atoms with E-state index in [1.165, 1.54) is 24.8 Å². The number of thioether (sulfide) groups is 1. The molecular weight excluding hydrogens is 410 g/mol. The summed E-state index contributed by atoms with van der Waals surface area (Å²) in [5.74, 6) is 4.01. The lowest BCUT2D eigenvalue weighted by atomic mass is 9.95. The predicted octanol–water partition coefficient (Wildman–Crippen LogP) is 5.77. The summed E-state index contributed by atoms with van der Waals surface area (Å²) in [7, 11) is 4.99. The molecule has 0 unspecified atom stereocenters. The monoisotopic (exact) mass is 439 g/mol. The van der Waals surface area contributed by atoms with Gasteiger partial charge in [-0.2, -0.15) is 0 Å². The van der Waals surface area contributed by atoms with Gasteiger partial charge in [0.05, 0.1) is 21.3 Å². The maximum Gasteiger partial charge on any atom is 0.192 e. The molecule has 4 rings (SSSR count). The summed E-state index contributed by atoms with van der Waals surface area (Å²) in [6.07, 6.45) is 6.12. The van der Waals surface area contributed by atoms with Gasteiger partial charge in [0.1, 0.15) is 5.75 Å². The Morgan fingerprint density at radius 3 is 2.29 bits per heavy atom. The summed E-state index contributed by atoms with van der Waals surface area (Å²) in [5.41, 5.74) is 2.23. The van der Waals surface area contributed by atoms with Crippen LogP contribution in [0.25, 0.3) is 11.4 Å². The average Bonchev–Trinajstić information content (AvgIpc) is 3.27. The Labute approximate surface area is 187 Å². The van der Waals surface area contributed by atoms with Gasteiger partial charge in [-0.1, -0.05) is 43.2 Å². The molecule has 1 aliphatic rings. The molecule has 1 saturated carbocycles. The molecule has 7 heteroatoms.